The molecule has 1 aliphatic carbocycles. The van der Waals surface area contributed by atoms with Crippen LogP contribution in [0.4, 0.5) is 0 Å². The highest BCUT2D eigenvalue weighted by molar-refractivity contribution is 9.10. The minimum Gasteiger partial charge on any atom is -0.496 e. The monoisotopic (exact) mass is 344 g/mol. The average molecular weight is 346 g/mol. The van der Waals surface area contributed by atoms with Gasteiger partial charge in [0.2, 0.25) is 0 Å². The van der Waals surface area contributed by atoms with E-state index >= 15 is 0 Å². The summed E-state index contributed by atoms with van der Waals surface area (Å²) in [6.45, 7) is 0. The topological polar surface area (TPSA) is 9.23 Å². The summed E-state index contributed by atoms with van der Waals surface area (Å²) in [5.41, 5.74) is 1.19. The SMILES string of the molecule is COc1ccc(C(Cl)CCC2CCCCC2)cc1Br. The lowest BCUT2D eigenvalue weighted by atomic mass is 9.85. The highest BCUT2D eigenvalue weighted by Crippen LogP contribution is 2.35. The van der Waals surface area contributed by atoms with Crippen LogP contribution in [0.3, 0.4) is 0 Å². The lowest BCUT2D eigenvalue weighted by Gasteiger charge is -2.22. The molecule has 1 saturated carbocycles. The van der Waals surface area contributed by atoms with E-state index < -0.39 is 0 Å². The summed E-state index contributed by atoms with van der Waals surface area (Å²) >= 11 is 10.1. The molecule has 0 saturated heterocycles. The van der Waals surface area contributed by atoms with Crippen molar-refractivity contribution in [3.8, 4) is 5.75 Å². The summed E-state index contributed by atoms with van der Waals surface area (Å²) in [6, 6.07) is 6.13. The molecule has 1 fully saturated rings. The van der Waals surface area contributed by atoms with Gasteiger partial charge in [0.05, 0.1) is 17.0 Å². The molecule has 0 heterocycles. The van der Waals surface area contributed by atoms with Crippen LogP contribution in [0.2, 0.25) is 0 Å². The summed E-state index contributed by atoms with van der Waals surface area (Å²) in [7, 11) is 1.68. The predicted molar refractivity (Wildman–Crippen MR) is 85.1 cm³/mol. The Morgan fingerprint density at radius 3 is 2.68 bits per heavy atom. The molecule has 1 aromatic carbocycles. The van der Waals surface area contributed by atoms with Gasteiger partial charge in [0.25, 0.3) is 0 Å². The van der Waals surface area contributed by atoms with Crippen molar-refractivity contribution in [1.82, 2.24) is 0 Å². The van der Waals surface area contributed by atoms with Gasteiger partial charge in [0, 0.05) is 0 Å². The molecule has 1 unspecified atom stereocenters. The molecule has 3 heteroatoms. The molecule has 106 valence electrons. The first-order valence-electron chi connectivity index (χ1n) is 7.18. The summed E-state index contributed by atoms with van der Waals surface area (Å²) in [4.78, 5) is 0. The molecular weight excluding hydrogens is 324 g/mol. The fourth-order valence-corrected chi connectivity index (χ4v) is 3.72. The maximum absolute atomic E-state index is 6.53. The highest BCUT2D eigenvalue weighted by atomic mass is 79.9. The number of benzene rings is 1. The Kier molecular flexibility index (Phi) is 6.03. The van der Waals surface area contributed by atoms with Gasteiger partial charge in [0.15, 0.2) is 0 Å². The molecule has 1 aromatic rings. The fraction of sp³-hybridized carbons (Fsp3) is 0.625. The molecule has 0 N–H and O–H groups in total. The highest BCUT2D eigenvalue weighted by Gasteiger charge is 2.16. The Morgan fingerprint density at radius 2 is 2.05 bits per heavy atom. The van der Waals surface area contributed by atoms with Crippen molar-refractivity contribution >= 4 is 27.5 Å². The second kappa shape index (κ2) is 7.54. The number of hydrogen-bond donors (Lipinski definition) is 0. The van der Waals surface area contributed by atoms with Crippen molar-refractivity contribution in [3.63, 3.8) is 0 Å². The van der Waals surface area contributed by atoms with Crippen LogP contribution in [0.15, 0.2) is 22.7 Å². The molecule has 1 aliphatic rings. The molecular formula is C16H22BrClO. The lowest BCUT2D eigenvalue weighted by molar-refractivity contribution is 0.331. The van der Waals surface area contributed by atoms with Crippen molar-refractivity contribution in [3.05, 3.63) is 28.2 Å². The molecule has 0 aromatic heterocycles. The zero-order valence-corrected chi connectivity index (χ0v) is 13.8. The van der Waals surface area contributed by atoms with Crippen molar-refractivity contribution in [2.45, 2.75) is 50.3 Å². The van der Waals surface area contributed by atoms with Gasteiger partial charge >= 0.3 is 0 Å². The van der Waals surface area contributed by atoms with Crippen molar-refractivity contribution in [1.29, 1.82) is 0 Å². The zero-order valence-electron chi connectivity index (χ0n) is 11.5. The van der Waals surface area contributed by atoms with E-state index in [4.69, 9.17) is 16.3 Å². The second-order valence-corrected chi connectivity index (χ2v) is 6.82. The van der Waals surface area contributed by atoms with E-state index in [1.807, 2.05) is 6.07 Å². The molecule has 0 amide bonds. The normalized spacial score (nSPS) is 18.3. The van der Waals surface area contributed by atoms with Crippen LogP contribution in [0.25, 0.3) is 0 Å². The standard InChI is InChI=1S/C16H22BrClO/c1-19-16-10-8-13(11-14(16)17)15(18)9-7-12-5-3-2-4-6-12/h8,10-12,15H,2-7,9H2,1H3. The van der Waals surface area contributed by atoms with Gasteiger partial charge in [-0.1, -0.05) is 38.2 Å². The predicted octanol–water partition coefficient (Wildman–Crippen LogP) is 6.10. The Balaban J connectivity index is 1.88. The van der Waals surface area contributed by atoms with Crippen molar-refractivity contribution in [2.24, 2.45) is 5.92 Å². The third-order valence-electron chi connectivity index (χ3n) is 4.09. The van der Waals surface area contributed by atoms with Crippen LogP contribution in [-0.4, -0.2) is 7.11 Å². The Bertz CT molecular complexity index is 402. The summed E-state index contributed by atoms with van der Waals surface area (Å²) in [5.74, 6) is 1.76. The van der Waals surface area contributed by atoms with E-state index in [-0.39, 0.29) is 5.38 Å². The Labute approximate surface area is 129 Å². The minimum absolute atomic E-state index is 0.115. The van der Waals surface area contributed by atoms with E-state index in [0.29, 0.717) is 0 Å². The van der Waals surface area contributed by atoms with Gasteiger partial charge in [-0.2, -0.15) is 0 Å². The first-order chi connectivity index (χ1) is 9.20. The second-order valence-electron chi connectivity index (χ2n) is 5.44. The largest absolute Gasteiger partial charge is 0.496 e. The molecule has 2 rings (SSSR count). The van der Waals surface area contributed by atoms with Crippen LogP contribution in [-0.2, 0) is 0 Å². The van der Waals surface area contributed by atoms with Crippen LogP contribution in [0.1, 0.15) is 55.9 Å². The van der Waals surface area contributed by atoms with E-state index in [1.165, 1.54) is 44.1 Å². The quantitative estimate of drug-likeness (QED) is 0.586. The molecule has 0 spiro atoms. The van der Waals surface area contributed by atoms with Crippen LogP contribution in [0.5, 0.6) is 5.75 Å². The lowest BCUT2D eigenvalue weighted by Crippen LogP contribution is -2.07. The van der Waals surface area contributed by atoms with Crippen molar-refractivity contribution < 1.29 is 4.74 Å². The first kappa shape index (κ1) is 15.2. The molecule has 1 nitrogen and oxygen atoms in total. The summed E-state index contributed by atoms with van der Waals surface area (Å²) < 4.78 is 6.23. The van der Waals surface area contributed by atoms with E-state index in [9.17, 15) is 0 Å². The zero-order chi connectivity index (χ0) is 13.7. The van der Waals surface area contributed by atoms with E-state index in [1.54, 1.807) is 7.11 Å². The molecule has 0 radical (unpaired) electrons. The number of alkyl halides is 1. The van der Waals surface area contributed by atoms with Gasteiger partial charge in [-0.15, -0.1) is 11.6 Å². The number of methoxy groups -OCH3 is 1. The van der Waals surface area contributed by atoms with Crippen molar-refractivity contribution in [2.75, 3.05) is 7.11 Å². The number of rotatable bonds is 5. The van der Waals surface area contributed by atoms with Crippen LogP contribution < -0.4 is 4.74 Å². The average Bonchev–Trinajstić information content (AvgIpc) is 2.45. The molecule has 0 aliphatic heterocycles. The first-order valence-corrected chi connectivity index (χ1v) is 8.41. The summed E-state index contributed by atoms with van der Waals surface area (Å²) in [6.07, 6.45) is 9.37. The molecule has 19 heavy (non-hydrogen) atoms. The van der Waals surface area contributed by atoms with Gasteiger partial charge in [-0.25, -0.2) is 0 Å². The molecule has 0 bridgehead atoms. The van der Waals surface area contributed by atoms with Crippen LogP contribution in [0, 0.1) is 5.92 Å². The maximum atomic E-state index is 6.53. The fourth-order valence-electron chi connectivity index (χ4n) is 2.90. The number of hydrogen-bond acceptors (Lipinski definition) is 1. The third-order valence-corrected chi connectivity index (χ3v) is 5.18. The minimum atomic E-state index is 0.115. The van der Waals surface area contributed by atoms with Gasteiger partial charge in [-0.3, -0.25) is 0 Å². The smallest absolute Gasteiger partial charge is 0.133 e. The van der Waals surface area contributed by atoms with Gasteiger partial charge in [0.1, 0.15) is 5.75 Å². The van der Waals surface area contributed by atoms with E-state index in [2.05, 4.69) is 28.1 Å². The van der Waals surface area contributed by atoms with Crippen LogP contribution >= 0.6 is 27.5 Å². The molecule has 1 atom stereocenters. The van der Waals surface area contributed by atoms with Gasteiger partial charge in [-0.05, 0) is 52.4 Å². The Morgan fingerprint density at radius 1 is 1.32 bits per heavy atom. The van der Waals surface area contributed by atoms with Gasteiger partial charge < -0.3 is 4.74 Å². The third kappa shape index (κ3) is 4.39. The van der Waals surface area contributed by atoms with E-state index in [0.717, 1.165) is 22.6 Å². The number of halogens is 2. The maximum Gasteiger partial charge on any atom is 0.133 e. The summed E-state index contributed by atoms with van der Waals surface area (Å²) in [5, 5.41) is 0.115. The Hall–Kier alpha value is -0.210. The number of ether oxygens (including phenoxy) is 1.